The monoisotopic (exact) mass is 446 g/mol. The SMILES string of the molecule is CN(C)c1ccc(CN(CC2CCCO2)C(=O)Cn2nc(-c3ccccc3)ccc2=O)cc1. The first-order valence-electron chi connectivity index (χ1n) is 11.3. The van der Waals surface area contributed by atoms with Crippen LogP contribution in [0.2, 0.25) is 0 Å². The van der Waals surface area contributed by atoms with Crippen molar-refractivity contribution in [3.63, 3.8) is 0 Å². The normalized spacial score (nSPS) is 15.4. The van der Waals surface area contributed by atoms with Crippen molar-refractivity contribution in [1.29, 1.82) is 0 Å². The number of nitrogens with zero attached hydrogens (tertiary/aromatic N) is 4. The van der Waals surface area contributed by atoms with Gasteiger partial charge in [0.25, 0.3) is 5.56 Å². The van der Waals surface area contributed by atoms with E-state index >= 15 is 0 Å². The average molecular weight is 447 g/mol. The molecular formula is C26H30N4O3. The van der Waals surface area contributed by atoms with Crippen LogP contribution in [0, 0.1) is 0 Å². The number of amides is 1. The van der Waals surface area contributed by atoms with Crippen LogP contribution in [0.4, 0.5) is 5.69 Å². The van der Waals surface area contributed by atoms with Gasteiger partial charge in [0.15, 0.2) is 0 Å². The van der Waals surface area contributed by atoms with Gasteiger partial charge in [0.05, 0.1) is 11.8 Å². The largest absolute Gasteiger partial charge is 0.378 e. The Balaban J connectivity index is 1.54. The number of anilines is 1. The van der Waals surface area contributed by atoms with Crippen LogP contribution in [-0.2, 0) is 22.6 Å². The van der Waals surface area contributed by atoms with Gasteiger partial charge in [-0.15, -0.1) is 0 Å². The summed E-state index contributed by atoms with van der Waals surface area (Å²) in [4.78, 5) is 29.6. The lowest BCUT2D eigenvalue weighted by atomic mass is 10.1. The molecule has 0 bridgehead atoms. The minimum absolute atomic E-state index is 0.0235. The smallest absolute Gasteiger partial charge is 0.267 e. The van der Waals surface area contributed by atoms with Crippen molar-refractivity contribution in [1.82, 2.24) is 14.7 Å². The first-order chi connectivity index (χ1) is 16.0. The summed E-state index contributed by atoms with van der Waals surface area (Å²) < 4.78 is 7.04. The number of carbonyl (C=O) groups is 1. The molecule has 7 nitrogen and oxygen atoms in total. The number of ether oxygens (including phenoxy) is 1. The Morgan fingerprint density at radius 2 is 1.82 bits per heavy atom. The van der Waals surface area contributed by atoms with Crippen LogP contribution in [0.25, 0.3) is 11.3 Å². The minimum Gasteiger partial charge on any atom is -0.378 e. The van der Waals surface area contributed by atoms with E-state index in [2.05, 4.69) is 5.10 Å². The predicted molar refractivity (Wildman–Crippen MR) is 129 cm³/mol. The van der Waals surface area contributed by atoms with Crippen molar-refractivity contribution >= 4 is 11.6 Å². The number of hydrogen-bond acceptors (Lipinski definition) is 5. The summed E-state index contributed by atoms with van der Waals surface area (Å²) >= 11 is 0. The van der Waals surface area contributed by atoms with Crippen LogP contribution < -0.4 is 10.5 Å². The van der Waals surface area contributed by atoms with Gasteiger partial charge in [0, 0.05) is 51.1 Å². The zero-order valence-electron chi connectivity index (χ0n) is 19.2. The van der Waals surface area contributed by atoms with Crippen LogP contribution in [0.3, 0.4) is 0 Å². The summed E-state index contributed by atoms with van der Waals surface area (Å²) in [5.41, 5.74) is 3.40. The molecule has 1 unspecified atom stereocenters. The molecule has 1 aliphatic rings. The third-order valence-electron chi connectivity index (χ3n) is 5.85. The molecule has 172 valence electrons. The lowest BCUT2D eigenvalue weighted by Crippen LogP contribution is -2.40. The molecule has 2 aromatic carbocycles. The molecule has 1 atom stereocenters. The standard InChI is InChI=1S/C26H30N4O3/c1-28(2)22-12-10-20(11-13-22)17-29(18-23-9-6-16-33-23)26(32)19-30-25(31)15-14-24(27-30)21-7-4-3-5-8-21/h3-5,7-8,10-15,23H,6,9,16-19H2,1-2H3. The second-order valence-electron chi connectivity index (χ2n) is 8.55. The molecule has 1 saturated heterocycles. The van der Waals surface area contributed by atoms with Gasteiger partial charge in [-0.25, -0.2) is 4.68 Å². The van der Waals surface area contributed by atoms with Crippen molar-refractivity contribution in [2.75, 3.05) is 32.1 Å². The Hall–Kier alpha value is -3.45. The molecule has 33 heavy (non-hydrogen) atoms. The number of rotatable bonds is 8. The van der Waals surface area contributed by atoms with Crippen molar-refractivity contribution in [3.8, 4) is 11.3 Å². The van der Waals surface area contributed by atoms with Crippen molar-refractivity contribution in [3.05, 3.63) is 82.6 Å². The van der Waals surface area contributed by atoms with Crippen LogP contribution >= 0.6 is 0 Å². The van der Waals surface area contributed by atoms with E-state index in [1.165, 1.54) is 10.7 Å². The van der Waals surface area contributed by atoms with Gasteiger partial charge in [-0.3, -0.25) is 9.59 Å². The summed E-state index contributed by atoms with van der Waals surface area (Å²) in [5, 5.41) is 4.45. The number of hydrogen-bond donors (Lipinski definition) is 0. The maximum absolute atomic E-state index is 13.3. The summed E-state index contributed by atoms with van der Waals surface area (Å²) in [6.07, 6.45) is 1.96. The van der Waals surface area contributed by atoms with Gasteiger partial charge in [0.1, 0.15) is 6.54 Å². The Bertz CT molecular complexity index is 1120. The van der Waals surface area contributed by atoms with Crippen molar-refractivity contribution in [2.45, 2.75) is 32.0 Å². The molecular weight excluding hydrogens is 416 g/mol. The molecule has 2 heterocycles. The highest BCUT2D eigenvalue weighted by Gasteiger charge is 2.23. The maximum Gasteiger partial charge on any atom is 0.267 e. The van der Waals surface area contributed by atoms with Crippen molar-refractivity contribution in [2.24, 2.45) is 0 Å². The first-order valence-corrected chi connectivity index (χ1v) is 11.3. The van der Waals surface area contributed by atoms with Crippen LogP contribution in [0.5, 0.6) is 0 Å². The van der Waals surface area contributed by atoms with E-state index in [4.69, 9.17) is 4.74 Å². The molecule has 7 heteroatoms. The second kappa shape index (κ2) is 10.4. The maximum atomic E-state index is 13.3. The number of aromatic nitrogens is 2. The van der Waals surface area contributed by atoms with Gasteiger partial charge in [-0.05, 0) is 36.6 Å². The topological polar surface area (TPSA) is 67.7 Å². The van der Waals surface area contributed by atoms with E-state index in [0.717, 1.165) is 36.3 Å². The van der Waals surface area contributed by atoms with Crippen molar-refractivity contribution < 1.29 is 9.53 Å². The van der Waals surface area contributed by atoms with Gasteiger partial charge in [-0.2, -0.15) is 5.10 Å². The predicted octanol–water partition coefficient (Wildman–Crippen LogP) is 3.18. The van der Waals surface area contributed by atoms with Gasteiger partial charge >= 0.3 is 0 Å². The molecule has 1 aromatic heterocycles. The van der Waals surface area contributed by atoms with Crippen LogP contribution in [0.1, 0.15) is 18.4 Å². The summed E-state index contributed by atoms with van der Waals surface area (Å²) in [5.74, 6) is -0.151. The molecule has 1 amide bonds. The van der Waals surface area contributed by atoms with E-state index in [1.807, 2.05) is 73.6 Å². The zero-order chi connectivity index (χ0) is 23.2. The van der Waals surface area contributed by atoms with E-state index < -0.39 is 0 Å². The highest BCUT2D eigenvalue weighted by molar-refractivity contribution is 5.76. The fourth-order valence-corrected chi connectivity index (χ4v) is 3.96. The minimum atomic E-state index is -0.296. The lowest BCUT2D eigenvalue weighted by molar-refractivity contribution is -0.134. The van der Waals surface area contributed by atoms with Crippen LogP contribution in [0.15, 0.2) is 71.5 Å². The van der Waals surface area contributed by atoms with Crippen LogP contribution in [-0.4, -0.2) is 53.9 Å². The quantitative estimate of drug-likeness (QED) is 0.532. The first kappa shape index (κ1) is 22.7. The average Bonchev–Trinajstić information content (AvgIpc) is 3.34. The highest BCUT2D eigenvalue weighted by Crippen LogP contribution is 2.18. The molecule has 4 rings (SSSR count). The molecule has 0 saturated carbocycles. The third-order valence-corrected chi connectivity index (χ3v) is 5.85. The van der Waals surface area contributed by atoms with E-state index in [1.54, 1.807) is 11.0 Å². The molecule has 0 N–H and O–H groups in total. The number of carbonyl (C=O) groups excluding carboxylic acids is 1. The lowest BCUT2D eigenvalue weighted by Gasteiger charge is -2.26. The Labute approximate surface area is 194 Å². The van der Waals surface area contributed by atoms with E-state index in [0.29, 0.717) is 18.8 Å². The Kier molecular flexibility index (Phi) is 7.19. The molecule has 0 spiro atoms. The fourth-order valence-electron chi connectivity index (χ4n) is 3.96. The van der Waals surface area contributed by atoms with E-state index in [-0.39, 0.29) is 24.1 Å². The summed E-state index contributed by atoms with van der Waals surface area (Å²) in [7, 11) is 3.99. The molecule has 0 radical (unpaired) electrons. The molecule has 1 fully saturated rings. The second-order valence-corrected chi connectivity index (χ2v) is 8.55. The Morgan fingerprint density at radius 3 is 2.48 bits per heavy atom. The van der Waals surface area contributed by atoms with Gasteiger partial charge in [0.2, 0.25) is 5.91 Å². The Morgan fingerprint density at radius 1 is 1.06 bits per heavy atom. The fraction of sp³-hybridized carbons (Fsp3) is 0.346. The summed E-state index contributed by atoms with van der Waals surface area (Å²) in [6.45, 7) is 1.58. The molecule has 0 aliphatic carbocycles. The highest BCUT2D eigenvalue weighted by atomic mass is 16.5. The molecule has 3 aromatic rings. The summed E-state index contributed by atoms with van der Waals surface area (Å²) in [6, 6.07) is 20.9. The van der Waals surface area contributed by atoms with E-state index in [9.17, 15) is 9.59 Å². The zero-order valence-corrected chi connectivity index (χ0v) is 19.2. The molecule has 1 aliphatic heterocycles. The van der Waals surface area contributed by atoms with Gasteiger partial charge in [-0.1, -0.05) is 42.5 Å². The third kappa shape index (κ3) is 5.87. The number of benzene rings is 2. The van der Waals surface area contributed by atoms with Gasteiger partial charge < -0.3 is 14.5 Å².